The van der Waals surface area contributed by atoms with E-state index >= 15 is 0 Å². The number of ether oxygens (including phenoxy) is 1. The Labute approximate surface area is 81.1 Å². The van der Waals surface area contributed by atoms with Gasteiger partial charge in [-0.3, -0.25) is 4.79 Å². The topological polar surface area (TPSA) is 46.5 Å². The van der Waals surface area contributed by atoms with Crippen LogP contribution in [0.3, 0.4) is 0 Å². The third-order valence-electron chi connectivity index (χ3n) is 1.70. The van der Waals surface area contributed by atoms with Gasteiger partial charge in [-0.25, -0.2) is 4.39 Å². The molecule has 3 nitrogen and oxygen atoms in total. The van der Waals surface area contributed by atoms with Gasteiger partial charge in [0.15, 0.2) is 5.78 Å². The van der Waals surface area contributed by atoms with Gasteiger partial charge in [-0.1, -0.05) is 0 Å². The van der Waals surface area contributed by atoms with E-state index in [9.17, 15) is 14.3 Å². The van der Waals surface area contributed by atoms with Crippen LogP contribution in [0.4, 0.5) is 4.39 Å². The Balaban J connectivity index is 3.28. The number of phenols is 1. The fraction of sp³-hybridized carbons (Fsp3) is 0.300. The predicted molar refractivity (Wildman–Crippen MR) is 49.2 cm³/mol. The molecule has 0 bridgehead atoms. The zero-order chi connectivity index (χ0) is 10.7. The second-order valence-corrected chi connectivity index (χ2v) is 2.79. The molecule has 1 N–H and O–H groups in total. The van der Waals surface area contributed by atoms with Crippen LogP contribution < -0.4 is 4.74 Å². The molecule has 76 valence electrons. The molecule has 14 heavy (non-hydrogen) atoms. The third-order valence-corrected chi connectivity index (χ3v) is 1.70. The zero-order valence-corrected chi connectivity index (χ0v) is 8.00. The summed E-state index contributed by atoms with van der Waals surface area (Å²) in [7, 11) is 0. The standard InChI is InChI=1S/C10H11FO3/c1-3-14-9-5-7(11)4-8(13)10(9)6(2)12/h4-5,13H,3H2,1-2H3. The molecule has 0 aromatic heterocycles. The summed E-state index contributed by atoms with van der Waals surface area (Å²) in [6, 6.07) is 1.97. The summed E-state index contributed by atoms with van der Waals surface area (Å²) in [6.07, 6.45) is 0. The third kappa shape index (κ3) is 2.02. The average Bonchev–Trinajstić information content (AvgIpc) is 2.01. The molecular weight excluding hydrogens is 187 g/mol. The van der Waals surface area contributed by atoms with E-state index in [2.05, 4.69) is 0 Å². The maximum absolute atomic E-state index is 12.8. The second-order valence-electron chi connectivity index (χ2n) is 2.79. The number of rotatable bonds is 3. The van der Waals surface area contributed by atoms with Gasteiger partial charge in [-0.2, -0.15) is 0 Å². The molecule has 0 aliphatic heterocycles. The highest BCUT2D eigenvalue weighted by Crippen LogP contribution is 2.29. The number of ketones is 1. The number of carbonyl (C=O) groups excluding carboxylic acids is 1. The van der Waals surface area contributed by atoms with E-state index in [1.807, 2.05) is 0 Å². The van der Waals surface area contributed by atoms with Crippen LogP contribution in [0.1, 0.15) is 24.2 Å². The SMILES string of the molecule is CCOc1cc(F)cc(O)c1C(C)=O. The van der Waals surface area contributed by atoms with Gasteiger partial charge in [0.2, 0.25) is 0 Å². The fourth-order valence-electron chi connectivity index (χ4n) is 1.19. The molecule has 1 aromatic rings. The largest absolute Gasteiger partial charge is 0.507 e. The molecule has 1 rings (SSSR count). The fourth-order valence-corrected chi connectivity index (χ4v) is 1.19. The normalized spacial score (nSPS) is 9.93. The van der Waals surface area contributed by atoms with Crippen LogP contribution in [0, 0.1) is 5.82 Å². The molecule has 0 fully saturated rings. The lowest BCUT2D eigenvalue weighted by atomic mass is 10.1. The molecule has 1 aromatic carbocycles. The van der Waals surface area contributed by atoms with E-state index in [0.29, 0.717) is 6.61 Å². The van der Waals surface area contributed by atoms with Crippen molar-refractivity contribution in [2.75, 3.05) is 6.61 Å². The Morgan fingerprint density at radius 2 is 2.21 bits per heavy atom. The van der Waals surface area contributed by atoms with Gasteiger partial charge in [-0.15, -0.1) is 0 Å². The van der Waals surface area contributed by atoms with Crippen LogP contribution in [0.15, 0.2) is 12.1 Å². The Morgan fingerprint density at radius 3 is 2.71 bits per heavy atom. The highest BCUT2D eigenvalue weighted by molar-refractivity contribution is 5.99. The molecule has 0 spiro atoms. The first-order valence-electron chi connectivity index (χ1n) is 4.22. The van der Waals surface area contributed by atoms with E-state index in [-0.39, 0.29) is 22.8 Å². The van der Waals surface area contributed by atoms with Crippen molar-refractivity contribution >= 4 is 5.78 Å². The van der Waals surface area contributed by atoms with E-state index in [1.165, 1.54) is 6.92 Å². The van der Waals surface area contributed by atoms with Crippen molar-refractivity contribution in [3.8, 4) is 11.5 Å². The summed E-state index contributed by atoms with van der Waals surface area (Å²) >= 11 is 0. The van der Waals surface area contributed by atoms with Gasteiger partial charge in [0.25, 0.3) is 0 Å². The van der Waals surface area contributed by atoms with Crippen molar-refractivity contribution in [1.29, 1.82) is 0 Å². The molecule has 4 heteroatoms. The van der Waals surface area contributed by atoms with Crippen molar-refractivity contribution in [1.82, 2.24) is 0 Å². The zero-order valence-electron chi connectivity index (χ0n) is 8.00. The lowest BCUT2D eigenvalue weighted by Crippen LogP contribution is -2.01. The quantitative estimate of drug-likeness (QED) is 0.757. The number of halogens is 1. The van der Waals surface area contributed by atoms with Crippen molar-refractivity contribution < 1.29 is 19.0 Å². The smallest absolute Gasteiger partial charge is 0.167 e. The minimum absolute atomic E-state index is 0.0215. The lowest BCUT2D eigenvalue weighted by Gasteiger charge is -2.09. The van der Waals surface area contributed by atoms with E-state index in [1.54, 1.807) is 6.92 Å². The monoisotopic (exact) mass is 198 g/mol. The summed E-state index contributed by atoms with van der Waals surface area (Å²) in [6.45, 7) is 3.31. The molecule has 0 saturated heterocycles. The summed E-state index contributed by atoms with van der Waals surface area (Å²) in [4.78, 5) is 11.1. The summed E-state index contributed by atoms with van der Waals surface area (Å²) < 4.78 is 17.9. The van der Waals surface area contributed by atoms with Gasteiger partial charge in [-0.05, 0) is 13.8 Å². The molecule has 0 unspecified atom stereocenters. The second kappa shape index (κ2) is 4.09. The molecule has 0 saturated carbocycles. The Hall–Kier alpha value is -1.58. The van der Waals surface area contributed by atoms with Crippen LogP contribution in [-0.4, -0.2) is 17.5 Å². The lowest BCUT2D eigenvalue weighted by molar-refractivity contribution is 0.101. The number of hydrogen-bond acceptors (Lipinski definition) is 3. The number of carbonyl (C=O) groups is 1. The van der Waals surface area contributed by atoms with Gasteiger partial charge < -0.3 is 9.84 Å². The van der Waals surface area contributed by atoms with Crippen molar-refractivity contribution in [3.63, 3.8) is 0 Å². The molecule has 0 atom stereocenters. The predicted octanol–water partition coefficient (Wildman–Crippen LogP) is 2.13. The van der Waals surface area contributed by atoms with Crippen molar-refractivity contribution in [2.45, 2.75) is 13.8 Å². The first kappa shape index (κ1) is 10.5. The average molecular weight is 198 g/mol. The molecule has 0 aliphatic rings. The highest BCUT2D eigenvalue weighted by Gasteiger charge is 2.15. The number of aromatic hydroxyl groups is 1. The minimum Gasteiger partial charge on any atom is -0.507 e. The number of benzene rings is 1. The van der Waals surface area contributed by atoms with E-state index < -0.39 is 5.82 Å². The Bertz CT molecular complexity index is 361. The molecule has 0 radical (unpaired) electrons. The van der Waals surface area contributed by atoms with Crippen LogP contribution in [0.5, 0.6) is 11.5 Å². The van der Waals surface area contributed by atoms with Crippen molar-refractivity contribution in [3.05, 3.63) is 23.5 Å². The van der Waals surface area contributed by atoms with Crippen molar-refractivity contribution in [2.24, 2.45) is 0 Å². The summed E-state index contributed by atoms with van der Waals surface area (Å²) in [5.74, 6) is -1.29. The van der Waals surface area contributed by atoms with Crippen LogP contribution in [-0.2, 0) is 0 Å². The van der Waals surface area contributed by atoms with Gasteiger partial charge in [0.05, 0.1) is 6.61 Å². The van der Waals surface area contributed by atoms with E-state index in [0.717, 1.165) is 12.1 Å². The van der Waals surface area contributed by atoms with Gasteiger partial charge in [0, 0.05) is 12.1 Å². The minimum atomic E-state index is -0.629. The van der Waals surface area contributed by atoms with Crippen LogP contribution in [0.2, 0.25) is 0 Å². The van der Waals surface area contributed by atoms with Crippen LogP contribution in [0.25, 0.3) is 0 Å². The highest BCUT2D eigenvalue weighted by atomic mass is 19.1. The summed E-state index contributed by atoms with van der Waals surface area (Å²) in [5, 5.41) is 9.33. The van der Waals surface area contributed by atoms with Gasteiger partial charge in [0.1, 0.15) is 22.9 Å². The molecule has 0 aliphatic carbocycles. The number of Topliss-reactive ketones (excluding diaryl/α,β-unsaturated/α-hetero) is 1. The number of phenolic OH excluding ortho intramolecular Hbond substituents is 1. The molecular formula is C10H11FO3. The summed E-state index contributed by atoms with van der Waals surface area (Å²) in [5.41, 5.74) is 0.0215. The first-order valence-corrected chi connectivity index (χ1v) is 4.22. The Kier molecular flexibility index (Phi) is 3.06. The first-order chi connectivity index (χ1) is 6.56. The van der Waals surface area contributed by atoms with E-state index in [4.69, 9.17) is 4.74 Å². The maximum atomic E-state index is 12.8. The van der Waals surface area contributed by atoms with Gasteiger partial charge >= 0.3 is 0 Å². The molecule has 0 amide bonds. The van der Waals surface area contributed by atoms with Crippen LogP contribution >= 0.6 is 0 Å². The number of hydrogen-bond donors (Lipinski definition) is 1. The maximum Gasteiger partial charge on any atom is 0.167 e. The Morgan fingerprint density at radius 1 is 1.57 bits per heavy atom. The molecule has 0 heterocycles.